The Labute approximate surface area is 230 Å². The number of nitrogens with one attached hydrogen (secondary N) is 1. The first-order valence-corrected chi connectivity index (χ1v) is 14.4. The summed E-state index contributed by atoms with van der Waals surface area (Å²) < 4.78 is 28.7. The maximum Gasteiger partial charge on any atom is 0.264 e. The molecule has 0 saturated carbocycles. The van der Waals surface area contributed by atoms with Gasteiger partial charge in [0.25, 0.3) is 10.0 Å². The molecule has 0 radical (unpaired) electrons. The second-order valence-corrected chi connectivity index (χ2v) is 11.4. The van der Waals surface area contributed by atoms with E-state index in [4.69, 9.17) is 11.6 Å². The number of carbonyl (C=O) groups is 2. The first kappa shape index (κ1) is 29.2. The molecule has 3 aromatic carbocycles. The zero-order valence-corrected chi connectivity index (χ0v) is 23.5. The average molecular weight is 556 g/mol. The number of amides is 2. The Morgan fingerprint density at radius 2 is 1.61 bits per heavy atom. The molecule has 1 N–H and O–H groups in total. The fourth-order valence-electron chi connectivity index (χ4n) is 4.03. The highest BCUT2D eigenvalue weighted by atomic mass is 35.5. The summed E-state index contributed by atoms with van der Waals surface area (Å²) in [6, 6.07) is 21.3. The summed E-state index contributed by atoms with van der Waals surface area (Å²) >= 11 is 6.14. The quantitative estimate of drug-likeness (QED) is 0.312. The van der Waals surface area contributed by atoms with Crippen molar-refractivity contribution in [3.63, 3.8) is 0 Å². The zero-order chi connectivity index (χ0) is 27.7. The van der Waals surface area contributed by atoms with Gasteiger partial charge in [-0.3, -0.25) is 13.9 Å². The maximum absolute atomic E-state index is 13.9. The normalized spacial score (nSPS) is 12.0. The lowest BCUT2D eigenvalue weighted by Crippen LogP contribution is -2.51. The smallest absolute Gasteiger partial charge is 0.264 e. The number of hydrogen-bond donors (Lipinski definition) is 1. The number of sulfonamides is 1. The summed E-state index contributed by atoms with van der Waals surface area (Å²) in [6.07, 6.45) is 1.75. The molecular formula is C29H34ClN3O4S. The molecule has 0 aliphatic heterocycles. The van der Waals surface area contributed by atoms with Crippen LogP contribution in [0.5, 0.6) is 0 Å². The summed E-state index contributed by atoms with van der Waals surface area (Å²) in [5, 5.41) is 3.34. The van der Waals surface area contributed by atoms with E-state index in [2.05, 4.69) is 5.32 Å². The minimum atomic E-state index is -4.11. The lowest BCUT2D eigenvalue weighted by Gasteiger charge is -2.32. The van der Waals surface area contributed by atoms with Crippen LogP contribution in [0.15, 0.2) is 83.8 Å². The van der Waals surface area contributed by atoms with Gasteiger partial charge >= 0.3 is 0 Å². The number of nitrogens with zero attached hydrogens (tertiary/aromatic N) is 2. The van der Waals surface area contributed by atoms with Crippen molar-refractivity contribution in [2.24, 2.45) is 0 Å². The van der Waals surface area contributed by atoms with Crippen LogP contribution >= 0.6 is 11.6 Å². The van der Waals surface area contributed by atoms with Crippen molar-refractivity contribution in [3.8, 4) is 0 Å². The zero-order valence-electron chi connectivity index (χ0n) is 21.9. The van der Waals surface area contributed by atoms with Gasteiger partial charge in [-0.2, -0.15) is 0 Å². The number of rotatable bonds is 12. The van der Waals surface area contributed by atoms with Crippen molar-refractivity contribution in [3.05, 3.63) is 95.0 Å². The molecule has 0 spiro atoms. The number of halogens is 1. The van der Waals surface area contributed by atoms with Crippen LogP contribution in [0.1, 0.15) is 37.8 Å². The Hall–Kier alpha value is -3.36. The van der Waals surface area contributed by atoms with Crippen LogP contribution in [0.4, 0.5) is 5.69 Å². The third kappa shape index (κ3) is 7.36. The van der Waals surface area contributed by atoms with Crippen molar-refractivity contribution in [1.29, 1.82) is 0 Å². The fraction of sp³-hybridized carbons (Fsp3) is 0.310. The molecule has 0 aliphatic carbocycles. The molecule has 1 atom stereocenters. The van der Waals surface area contributed by atoms with Gasteiger partial charge in [0.2, 0.25) is 11.8 Å². The van der Waals surface area contributed by atoms with Crippen molar-refractivity contribution in [1.82, 2.24) is 10.2 Å². The maximum atomic E-state index is 13.9. The summed E-state index contributed by atoms with van der Waals surface area (Å²) in [5.74, 6) is -0.788. The highest BCUT2D eigenvalue weighted by Crippen LogP contribution is 2.29. The third-order valence-electron chi connectivity index (χ3n) is 6.23. The van der Waals surface area contributed by atoms with Crippen molar-refractivity contribution in [2.75, 3.05) is 17.4 Å². The summed E-state index contributed by atoms with van der Waals surface area (Å²) in [5.41, 5.74) is 1.77. The van der Waals surface area contributed by atoms with Gasteiger partial charge in [-0.25, -0.2) is 8.42 Å². The van der Waals surface area contributed by atoms with Gasteiger partial charge in [0.1, 0.15) is 12.6 Å². The van der Waals surface area contributed by atoms with Gasteiger partial charge in [0.15, 0.2) is 0 Å². The Kier molecular flexibility index (Phi) is 10.3. The highest BCUT2D eigenvalue weighted by Gasteiger charge is 2.33. The summed E-state index contributed by atoms with van der Waals surface area (Å²) in [7, 11) is -4.11. The lowest BCUT2D eigenvalue weighted by molar-refractivity contribution is -0.139. The van der Waals surface area contributed by atoms with Crippen LogP contribution < -0.4 is 9.62 Å². The van der Waals surface area contributed by atoms with E-state index in [-0.39, 0.29) is 17.3 Å². The molecule has 0 saturated heterocycles. The summed E-state index contributed by atoms with van der Waals surface area (Å²) in [6.45, 7) is 5.60. The van der Waals surface area contributed by atoms with E-state index in [0.717, 1.165) is 22.7 Å². The Bertz CT molecular complexity index is 1330. The molecule has 9 heteroatoms. The van der Waals surface area contributed by atoms with E-state index in [0.29, 0.717) is 22.8 Å². The van der Waals surface area contributed by atoms with E-state index in [1.165, 1.54) is 17.0 Å². The predicted octanol–water partition coefficient (Wildman–Crippen LogP) is 5.18. The van der Waals surface area contributed by atoms with Gasteiger partial charge in [0, 0.05) is 18.1 Å². The molecule has 202 valence electrons. The van der Waals surface area contributed by atoms with E-state index in [1.54, 1.807) is 50.2 Å². The Morgan fingerprint density at radius 1 is 0.974 bits per heavy atom. The number of aryl methyl sites for hydroxylation is 1. The topological polar surface area (TPSA) is 86.8 Å². The molecule has 0 bridgehead atoms. The third-order valence-corrected chi connectivity index (χ3v) is 8.24. The standard InChI is InChI=1S/C29H34ClN3O4S/c1-4-5-18-31-29(35)23(3)32(20-24-12-8-6-9-13-24)28(34)21-33(27-17-16-25(30)19-22(27)2)38(36,37)26-14-10-7-11-15-26/h6-17,19,23H,4-5,18,20-21H2,1-3H3,(H,31,35)/t23-/m0/s1. The molecule has 38 heavy (non-hydrogen) atoms. The van der Waals surface area contributed by atoms with E-state index in [1.807, 2.05) is 37.3 Å². The van der Waals surface area contributed by atoms with Crippen LogP contribution in [-0.4, -0.2) is 44.3 Å². The number of unbranched alkanes of at least 4 members (excludes halogenated alkanes) is 1. The molecule has 0 aromatic heterocycles. The minimum absolute atomic E-state index is 0.0575. The lowest BCUT2D eigenvalue weighted by atomic mass is 10.1. The van der Waals surface area contributed by atoms with E-state index in [9.17, 15) is 18.0 Å². The first-order valence-electron chi connectivity index (χ1n) is 12.6. The van der Waals surface area contributed by atoms with Gasteiger partial charge < -0.3 is 10.2 Å². The van der Waals surface area contributed by atoms with Crippen LogP contribution in [0.3, 0.4) is 0 Å². The highest BCUT2D eigenvalue weighted by molar-refractivity contribution is 7.92. The monoisotopic (exact) mass is 555 g/mol. The molecule has 3 aromatic rings. The predicted molar refractivity (Wildman–Crippen MR) is 152 cm³/mol. The molecule has 7 nitrogen and oxygen atoms in total. The number of carbonyl (C=O) groups excluding carboxylic acids is 2. The second-order valence-electron chi connectivity index (χ2n) is 9.08. The fourth-order valence-corrected chi connectivity index (χ4v) is 5.76. The van der Waals surface area contributed by atoms with Crippen LogP contribution in [0.2, 0.25) is 5.02 Å². The van der Waals surface area contributed by atoms with Crippen LogP contribution in [0, 0.1) is 6.92 Å². The molecule has 0 fully saturated rings. The molecule has 0 unspecified atom stereocenters. The van der Waals surface area contributed by atoms with Crippen molar-refractivity contribution >= 4 is 39.1 Å². The van der Waals surface area contributed by atoms with Crippen LogP contribution in [-0.2, 0) is 26.2 Å². The Balaban J connectivity index is 2.00. The molecule has 3 rings (SSSR count). The first-order chi connectivity index (χ1) is 18.1. The number of hydrogen-bond acceptors (Lipinski definition) is 4. The largest absolute Gasteiger partial charge is 0.354 e. The molecular weight excluding hydrogens is 522 g/mol. The van der Waals surface area contributed by atoms with Crippen LogP contribution in [0.25, 0.3) is 0 Å². The minimum Gasteiger partial charge on any atom is -0.354 e. The Morgan fingerprint density at radius 3 is 2.21 bits per heavy atom. The van der Waals surface area contributed by atoms with Crippen molar-refractivity contribution < 1.29 is 18.0 Å². The molecule has 2 amide bonds. The SMILES string of the molecule is CCCCNC(=O)[C@H](C)N(Cc1ccccc1)C(=O)CN(c1ccc(Cl)cc1C)S(=O)(=O)c1ccccc1. The van der Waals surface area contributed by atoms with E-state index < -0.39 is 28.5 Å². The molecule has 0 heterocycles. The van der Waals surface area contributed by atoms with Gasteiger partial charge in [-0.15, -0.1) is 0 Å². The van der Waals surface area contributed by atoms with Gasteiger partial charge in [0.05, 0.1) is 10.6 Å². The molecule has 0 aliphatic rings. The van der Waals surface area contributed by atoms with E-state index >= 15 is 0 Å². The summed E-state index contributed by atoms with van der Waals surface area (Å²) in [4.78, 5) is 28.3. The van der Waals surface area contributed by atoms with Crippen molar-refractivity contribution in [2.45, 2.75) is 51.1 Å². The number of benzene rings is 3. The second kappa shape index (κ2) is 13.4. The van der Waals surface area contributed by atoms with Gasteiger partial charge in [-0.05, 0) is 61.7 Å². The average Bonchev–Trinajstić information content (AvgIpc) is 2.91. The number of anilines is 1. The van der Waals surface area contributed by atoms with Gasteiger partial charge in [-0.1, -0.05) is 73.5 Å².